The minimum atomic E-state index is -3.73. The van der Waals surface area contributed by atoms with Crippen LogP contribution < -0.4 is 33.9 Å². The summed E-state index contributed by atoms with van der Waals surface area (Å²) in [6, 6.07) is 83.2. The third-order valence-corrected chi connectivity index (χ3v) is 18.3. The zero-order valence-corrected chi connectivity index (χ0v) is 39.9. The first kappa shape index (κ1) is 42.8. The van der Waals surface area contributed by atoms with Crippen LogP contribution in [0.1, 0.15) is 11.1 Å². The molecule has 8 nitrogen and oxygen atoms in total. The van der Waals surface area contributed by atoms with E-state index in [1.165, 1.54) is 0 Å². The second kappa shape index (κ2) is 16.7. The van der Waals surface area contributed by atoms with Crippen molar-refractivity contribution in [3.63, 3.8) is 0 Å². The van der Waals surface area contributed by atoms with Crippen LogP contribution in [-0.2, 0) is 10.3 Å². The molecule has 10 heteroatoms. The Morgan fingerprint density at radius 2 is 0.958 bits per heavy atom. The number of anilines is 6. The molecule has 0 amide bonds. The Hall–Kier alpha value is -8.22. The van der Waals surface area contributed by atoms with Crippen molar-refractivity contribution < 1.29 is 23.6 Å². The predicted molar refractivity (Wildman–Crippen MR) is 288 cm³/mol. The monoisotopic (exact) mass is 960 g/mol. The largest absolute Gasteiger partial charge is 0.456 e. The molecule has 10 aromatic rings. The number of rotatable bonds is 9. The summed E-state index contributed by atoms with van der Waals surface area (Å²) in [5, 5.41) is 14.1. The first-order valence-corrected chi connectivity index (χ1v) is 26.6. The molecule has 71 heavy (non-hydrogen) atoms. The summed E-state index contributed by atoms with van der Waals surface area (Å²) < 4.78 is 32.5. The van der Waals surface area contributed by atoms with E-state index in [0.29, 0.717) is 22.1 Å². The lowest BCUT2D eigenvalue weighted by molar-refractivity contribution is 0.0690. The Bertz CT molecular complexity index is 3730. The van der Waals surface area contributed by atoms with Gasteiger partial charge in [0.1, 0.15) is 5.69 Å². The van der Waals surface area contributed by atoms with E-state index in [1.54, 1.807) is 0 Å². The van der Waals surface area contributed by atoms with Gasteiger partial charge in [-0.1, -0.05) is 140 Å². The Kier molecular flexibility index (Phi) is 10.1. The second-order valence-electron chi connectivity index (χ2n) is 17.8. The van der Waals surface area contributed by atoms with E-state index in [1.807, 2.05) is 239 Å². The highest BCUT2D eigenvalue weighted by molar-refractivity contribution is 7.76. The molecule has 13 rings (SSSR count). The molecule has 3 unspecified atom stereocenters. The average molecular weight is 961 g/mol. The smallest absolute Gasteiger partial charge is 0.423 e. The van der Waals surface area contributed by atoms with Crippen LogP contribution in [0, 0.1) is 0 Å². The summed E-state index contributed by atoms with van der Waals surface area (Å²) in [7, 11) is -7.21. The van der Waals surface area contributed by atoms with Crippen LogP contribution in [-0.4, -0.2) is 10.00 Å². The van der Waals surface area contributed by atoms with Gasteiger partial charge in [0.25, 0.3) is 0 Å². The zero-order valence-electron chi connectivity index (χ0n) is 38.1. The average Bonchev–Trinajstić information content (AvgIpc) is 3.92. The van der Waals surface area contributed by atoms with Crippen molar-refractivity contribution in [2.75, 3.05) is 14.2 Å². The van der Waals surface area contributed by atoms with Gasteiger partial charge in [-0.05, 0) is 149 Å². The molecular weight excluding hydrogens is 917 g/mol. The summed E-state index contributed by atoms with van der Waals surface area (Å²) in [5.41, 5.74) is 10.3. The number of fused-ring (bicyclic) bond motifs is 3. The van der Waals surface area contributed by atoms with Gasteiger partial charge in [0.15, 0.2) is 16.8 Å². The molecule has 3 aliphatic heterocycles. The Morgan fingerprint density at radius 3 is 1.65 bits per heavy atom. The van der Waals surface area contributed by atoms with E-state index < -0.39 is 21.1 Å². The Labute approximate surface area is 412 Å². The summed E-state index contributed by atoms with van der Waals surface area (Å²) in [4.78, 5) is 14.9. The van der Waals surface area contributed by atoms with E-state index in [4.69, 9.17) is 9.05 Å². The molecule has 0 aliphatic carbocycles. The van der Waals surface area contributed by atoms with Crippen LogP contribution in [0.15, 0.2) is 255 Å². The fourth-order valence-electron chi connectivity index (χ4n) is 10.3. The lowest BCUT2D eigenvalue weighted by Crippen LogP contribution is -2.53. The summed E-state index contributed by atoms with van der Waals surface area (Å²) in [6.07, 6.45) is 0. The molecule has 0 saturated heterocycles. The van der Waals surface area contributed by atoms with Gasteiger partial charge in [0, 0.05) is 16.8 Å². The summed E-state index contributed by atoms with van der Waals surface area (Å²) in [6.45, 7) is 0. The molecule has 342 valence electrons. The van der Waals surface area contributed by atoms with Gasteiger partial charge in [-0.2, -0.15) is 9.56 Å². The second-order valence-corrected chi connectivity index (χ2v) is 22.1. The fraction of sp³-hybridized carbons (Fsp3) is 0.0164. The van der Waals surface area contributed by atoms with Gasteiger partial charge < -0.3 is 14.5 Å². The number of benzene rings is 10. The third-order valence-electron chi connectivity index (χ3n) is 13.6. The maximum absolute atomic E-state index is 15.6. The maximum atomic E-state index is 15.6. The van der Waals surface area contributed by atoms with E-state index >= 15 is 4.57 Å². The van der Waals surface area contributed by atoms with Crippen LogP contribution in [0.25, 0.3) is 33.4 Å². The van der Waals surface area contributed by atoms with Gasteiger partial charge in [-0.25, -0.2) is 4.57 Å². The standard InChI is InChI=1S/C61H44N3O5P2/c65-61(55-31-10-11-32-56(55)62(61)50-23-4-1-5-24-50)49-22-16-19-43(40-49)46-37-47(44-20-17-29-53(41-44)70(66)63(51-25-6-2-7-26-51)57-33-12-14-35-59(57)68-70)39-48(38-46)45-21-18-30-54(42-45)71(67)64(52-27-8-3-9-28-52)58-34-13-15-36-60(58)69-71/h1-42,65-66H/q+1. The first-order chi connectivity index (χ1) is 34.8. The van der Waals surface area contributed by atoms with Crippen molar-refractivity contribution in [3.05, 3.63) is 266 Å². The van der Waals surface area contributed by atoms with Crippen LogP contribution >= 0.6 is 15.4 Å². The summed E-state index contributed by atoms with van der Waals surface area (Å²) in [5.74, 6) is 1.17. The van der Waals surface area contributed by atoms with Crippen molar-refractivity contribution in [1.82, 2.24) is 0 Å². The molecule has 10 aromatic carbocycles. The molecule has 0 spiro atoms. The molecule has 0 aromatic heterocycles. The lowest BCUT2D eigenvalue weighted by atomic mass is 9.81. The maximum Gasteiger partial charge on any atom is 0.456 e. The van der Waals surface area contributed by atoms with Gasteiger partial charge in [-0.3, -0.25) is 9.19 Å². The van der Waals surface area contributed by atoms with E-state index in [2.05, 4.69) is 30.3 Å². The highest BCUT2D eigenvalue weighted by Crippen LogP contribution is 2.70. The predicted octanol–water partition coefficient (Wildman–Crippen LogP) is 14.7. The zero-order chi connectivity index (χ0) is 47.7. The van der Waals surface area contributed by atoms with Gasteiger partial charge in [-0.15, -0.1) is 0 Å². The lowest BCUT2D eigenvalue weighted by Gasteiger charge is -2.51. The fourth-order valence-corrected chi connectivity index (χ4v) is 14.9. The SMILES string of the molecule is O=P1(c2cccc(-c3cc(-c4cccc(C5(O)c6ccccc6N5c5ccccc5)c4)cc(-c4cccc([P+]5(O)Oc6ccccc6N5c5ccccc5)c4)c3)c2)Oc2ccccc2N1c1ccccc1. The van der Waals surface area contributed by atoms with Crippen LogP contribution in [0.4, 0.5) is 34.1 Å². The molecular formula is C61H44N3O5P2+. The Morgan fingerprint density at radius 1 is 0.437 bits per heavy atom. The number of nitrogens with zero attached hydrogens (tertiary/aromatic N) is 3. The first-order valence-electron chi connectivity index (χ1n) is 23.5. The quantitative estimate of drug-likeness (QED) is 0.138. The number of aliphatic hydroxyl groups is 1. The molecule has 0 radical (unpaired) electrons. The number of para-hydroxylation sites is 8. The summed E-state index contributed by atoms with van der Waals surface area (Å²) >= 11 is 0. The third kappa shape index (κ3) is 6.91. The van der Waals surface area contributed by atoms with Gasteiger partial charge in [0.2, 0.25) is 5.75 Å². The molecule has 0 saturated carbocycles. The molecule has 0 bridgehead atoms. The van der Waals surface area contributed by atoms with Crippen molar-refractivity contribution in [1.29, 1.82) is 0 Å². The molecule has 3 atom stereocenters. The topological polar surface area (TPSA) is 85.7 Å². The van der Waals surface area contributed by atoms with Crippen LogP contribution in [0.3, 0.4) is 0 Å². The van der Waals surface area contributed by atoms with Crippen LogP contribution in [0.2, 0.25) is 0 Å². The van der Waals surface area contributed by atoms with Gasteiger partial charge >= 0.3 is 15.4 Å². The highest BCUT2D eigenvalue weighted by Gasteiger charge is 2.58. The normalized spacial score (nSPS) is 19.5. The number of hydrogen-bond donors (Lipinski definition) is 2. The van der Waals surface area contributed by atoms with Gasteiger partial charge in [0.05, 0.1) is 28.1 Å². The van der Waals surface area contributed by atoms with Crippen molar-refractivity contribution in [2.45, 2.75) is 5.72 Å². The number of hydrogen-bond acceptors (Lipinski definition) is 7. The molecule has 2 N–H and O–H groups in total. The molecule has 3 aliphatic rings. The van der Waals surface area contributed by atoms with Crippen LogP contribution in [0.5, 0.6) is 11.5 Å². The van der Waals surface area contributed by atoms with Crippen molar-refractivity contribution >= 4 is 60.1 Å². The Balaban J connectivity index is 0.963. The van der Waals surface area contributed by atoms with E-state index in [9.17, 15) is 10.00 Å². The molecule has 0 fully saturated rings. The highest BCUT2D eigenvalue weighted by atomic mass is 31.2. The van der Waals surface area contributed by atoms with E-state index in [0.717, 1.165) is 78.6 Å². The minimum Gasteiger partial charge on any atom is -0.423 e. The van der Waals surface area contributed by atoms with Crippen molar-refractivity contribution in [2.24, 2.45) is 0 Å². The molecule has 3 heterocycles. The minimum absolute atomic E-state index is 0.545. The van der Waals surface area contributed by atoms with E-state index in [-0.39, 0.29) is 0 Å². The van der Waals surface area contributed by atoms with Crippen molar-refractivity contribution in [3.8, 4) is 44.9 Å².